The maximum absolute atomic E-state index is 12.4. The number of carbonyl (C=O) groups excluding carboxylic acids is 2. The van der Waals surface area contributed by atoms with Crippen molar-refractivity contribution in [1.29, 1.82) is 0 Å². The van der Waals surface area contributed by atoms with Gasteiger partial charge in [0.15, 0.2) is 0 Å². The first kappa shape index (κ1) is 22.2. The summed E-state index contributed by atoms with van der Waals surface area (Å²) in [5.74, 6) is 0.205. The number of benzene rings is 2. The number of hydrogen-bond acceptors (Lipinski definition) is 4. The minimum atomic E-state index is -0.635. The molecule has 0 spiro atoms. The summed E-state index contributed by atoms with van der Waals surface area (Å²) in [6.07, 6.45) is 3.11. The van der Waals surface area contributed by atoms with Crippen molar-refractivity contribution in [3.05, 3.63) is 71.3 Å². The minimum Gasteiger partial charge on any atom is -0.497 e. The summed E-state index contributed by atoms with van der Waals surface area (Å²) in [6, 6.07) is 14.7. The highest BCUT2D eigenvalue weighted by Crippen LogP contribution is 2.12. The molecule has 0 saturated carbocycles. The molecule has 2 rings (SSSR count). The van der Waals surface area contributed by atoms with Gasteiger partial charge in [-0.2, -0.15) is 0 Å². The molecule has 29 heavy (non-hydrogen) atoms. The number of nitrogens with one attached hydrogen (secondary N) is 2. The Balaban J connectivity index is 1.85. The van der Waals surface area contributed by atoms with Crippen LogP contribution in [0.5, 0.6) is 5.75 Å². The fourth-order valence-electron chi connectivity index (χ4n) is 2.77. The quantitative estimate of drug-likeness (QED) is 0.641. The smallest absolute Gasteiger partial charge is 0.244 e. The van der Waals surface area contributed by atoms with Gasteiger partial charge in [-0.25, -0.2) is 0 Å². The summed E-state index contributed by atoms with van der Waals surface area (Å²) in [6.45, 7) is 2.89. The monoisotopic (exact) mass is 395 g/mol. The van der Waals surface area contributed by atoms with E-state index in [0.717, 1.165) is 29.0 Å². The van der Waals surface area contributed by atoms with Crippen LogP contribution in [-0.2, 0) is 22.7 Å². The van der Waals surface area contributed by atoms with Crippen molar-refractivity contribution in [3.63, 3.8) is 0 Å². The first-order valence-corrected chi connectivity index (χ1v) is 9.51. The van der Waals surface area contributed by atoms with E-state index < -0.39 is 6.04 Å². The lowest BCUT2D eigenvalue weighted by Gasteiger charge is -2.16. The van der Waals surface area contributed by atoms with Gasteiger partial charge >= 0.3 is 0 Å². The molecule has 2 N–H and O–H groups in total. The number of rotatable bonds is 9. The molecule has 1 atom stereocenters. The summed E-state index contributed by atoms with van der Waals surface area (Å²) in [4.78, 5) is 26.5. The van der Waals surface area contributed by atoms with Gasteiger partial charge in [0.25, 0.3) is 0 Å². The predicted octanol–water partition coefficient (Wildman–Crippen LogP) is 2.59. The van der Waals surface area contributed by atoms with Crippen LogP contribution < -0.4 is 15.4 Å². The van der Waals surface area contributed by atoms with Gasteiger partial charge in [0.1, 0.15) is 11.8 Å². The molecule has 0 fully saturated rings. The van der Waals surface area contributed by atoms with Gasteiger partial charge in [-0.1, -0.05) is 36.4 Å². The molecule has 2 amide bonds. The molecule has 6 nitrogen and oxygen atoms in total. The molecule has 2 aromatic carbocycles. The van der Waals surface area contributed by atoms with Crippen LogP contribution in [0.4, 0.5) is 0 Å². The maximum Gasteiger partial charge on any atom is 0.244 e. The zero-order chi connectivity index (χ0) is 21.2. The molecular formula is C23H29N3O3. The second-order valence-corrected chi connectivity index (χ2v) is 7.06. The highest BCUT2D eigenvalue weighted by Gasteiger charge is 2.14. The number of ether oxygens (including phenoxy) is 1. The molecule has 154 valence electrons. The van der Waals surface area contributed by atoms with E-state index in [9.17, 15) is 9.59 Å². The van der Waals surface area contributed by atoms with Gasteiger partial charge in [-0.15, -0.1) is 0 Å². The minimum absolute atomic E-state index is 0.226. The third kappa shape index (κ3) is 7.43. The standard InChI is InChI=1S/C23H29N3O3/c1-17(25-22(27)14-11-18-9-12-21(29-4)13-10-18)23(28)24-15-19-7-5-6-8-20(19)16-26(2)3/h5-14,17H,15-16H2,1-4H3,(H,24,28)(H,25,27). The Morgan fingerprint density at radius 2 is 1.72 bits per heavy atom. The number of carbonyl (C=O) groups is 2. The lowest BCUT2D eigenvalue weighted by molar-refractivity contribution is -0.126. The number of methoxy groups -OCH3 is 1. The van der Waals surface area contributed by atoms with E-state index in [4.69, 9.17) is 4.74 Å². The van der Waals surface area contributed by atoms with Crippen LogP contribution in [0, 0.1) is 0 Å². The number of hydrogen-bond donors (Lipinski definition) is 2. The summed E-state index contributed by atoms with van der Waals surface area (Å²) in [7, 11) is 5.62. The highest BCUT2D eigenvalue weighted by molar-refractivity contribution is 5.95. The Labute approximate surface area is 172 Å². The van der Waals surface area contributed by atoms with Crippen molar-refractivity contribution in [1.82, 2.24) is 15.5 Å². The lowest BCUT2D eigenvalue weighted by atomic mass is 10.1. The SMILES string of the molecule is COc1ccc(C=CC(=O)NC(C)C(=O)NCc2ccccc2CN(C)C)cc1. The van der Waals surface area contributed by atoms with Crippen molar-refractivity contribution in [2.45, 2.75) is 26.1 Å². The first-order valence-electron chi connectivity index (χ1n) is 9.51. The fraction of sp³-hybridized carbons (Fsp3) is 0.304. The third-order valence-corrected chi connectivity index (χ3v) is 4.35. The average molecular weight is 396 g/mol. The van der Waals surface area contributed by atoms with E-state index in [1.165, 1.54) is 6.08 Å². The summed E-state index contributed by atoms with van der Waals surface area (Å²) in [5.41, 5.74) is 3.10. The van der Waals surface area contributed by atoms with Gasteiger partial charge in [-0.05, 0) is 55.9 Å². The average Bonchev–Trinajstić information content (AvgIpc) is 2.71. The van der Waals surface area contributed by atoms with Crippen LogP contribution in [0.25, 0.3) is 6.08 Å². The molecule has 0 aliphatic carbocycles. The van der Waals surface area contributed by atoms with Gasteiger partial charge in [-0.3, -0.25) is 9.59 Å². The van der Waals surface area contributed by atoms with Crippen molar-refractivity contribution in [3.8, 4) is 5.75 Å². The zero-order valence-corrected chi connectivity index (χ0v) is 17.4. The molecule has 0 aliphatic rings. The van der Waals surface area contributed by atoms with E-state index in [1.54, 1.807) is 20.1 Å². The Kier molecular flexibility index (Phi) is 8.43. The molecule has 0 radical (unpaired) electrons. The maximum atomic E-state index is 12.4. The van der Waals surface area contributed by atoms with Gasteiger partial charge in [0.05, 0.1) is 7.11 Å². The van der Waals surface area contributed by atoms with Crippen LogP contribution in [0.3, 0.4) is 0 Å². The molecule has 2 aromatic rings. The van der Waals surface area contributed by atoms with Gasteiger partial charge in [0.2, 0.25) is 11.8 Å². The van der Waals surface area contributed by atoms with Crippen LogP contribution in [0.1, 0.15) is 23.6 Å². The normalized spacial score (nSPS) is 12.0. The van der Waals surface area contributed by atoms with Crippen LogP contribution in [0.2, 0.25) is 0 Å². The Hall–Kier alpha value is -3.12. The summed E-state index contributed by atoms with van der Waals surface area (Å²) in [5, 5.41) is 5.58. The largest absolute Gasteiger partial charge is 0.497 e. The molecule has 0 aromatic heterocycles. The van der Waals surface area contributed by atoms with E-state index in [0.29, 0.717) is 6.54 Å². The second-order valence-electron chi connectivity index (χ2n) is 7.06. The number of amides is 2. The Bertz CT molecular complexity index is 845. The van der Waals surface area contributed by atoms with Crippen LogP contribution in [0.15, 0.2) is 54.6 Å². The molecule has 0 heterocycles. The van der Waals surface area contributed by atoms with Crippen molar-refractivity contribution in [2.24, 2.45) is 0 Å². The second kappa shape index (κ2) is 11.0. The van der Waals surface area contributed by atoms with Crippen molar-refractivity contribution >= 4 is 17.9 Å². The number of nitrogens with zero attached hydrogens (tertiary/aromatic N) is 1. The van der Waals surface area contributed by atoms with Crippen LogP contribution in [-0.4, -0.2) is 44.0 Å². The van der Waals surface area contributed by atoms with Crippen molar-refractivity contribution in [2.75, 3.05) is 21.2 Å². The third-order valence-electron chi connectivity index (χ3n) is 4.35. The molecular weight excluding hydrogens is 366 g/mol. The van der Waals surface area contributed by atoms with Gasteiger partial charge < -0.3 is 20.3 Å². The molecule has 0 bridgehead atoms. The molecule has 1 unspecified atom stereocenters. The van der Waals surface area contributed by atoms with Crippen molar-refractivity contribution < 1.29 is 14.3 Å². The summed E-state index contributed by atoms with van der Waals surface area (Å²) < 4.78 is 5.10. The van der Waals surface area contributed by atoms with E-state index in [2.05, 4.69) is 21.6 Å². The topological polar surface area (TPSA) is 70.7 Å². The lowest BCUT2D eigenvalue weighted by Crippen LogP contribution is -2.44. The zero-order valence-electron chi connectivity index (χ0n) is 17.4. The van der Waals surface area contributed by atoms with E-state index >= 15 is 0 Å². The first-order chi connectivity index (χ1) is 13.9. The molecule has 0 aliphatic heterocycles. The van der Waals surface area contributed by atoms with Crippen LogP contribution >= 0.6 is 0 Å². The van der Waals surface area contributed by atoms with E-state index in [-0.39, 0.29) is 11.8 Å². The fourth-order valence-corrected chi connectivity index (χ4v) is 2.77. The predicted molar refractivity (Wildman–Crippen MR) is 115 cm³/mol. The molecule has 0 saturated heterocycles. The summed E-state index contributed by atoms with van der Waals surface area (Å²) >= 11 is 0. The highest BCUT2D eigenvalue weighted by atomic mass is 16.5. The Morgan fingerprint density at radius 1 is 1.07 bits per heavy atom. The van der Waals surface area contributed by atoms with E-state index in [1.807, 2.05) is 56.6 Å². The Morgan fingerprint density at radius 3 is 2.34 bits per heavy atom. The molecule has 6 heteroatoms. The van der Waals surface area contributed by atoms with Gasteiger partial charge in [0, 0.05) is 19.2 Å².